The second-order valence-corrected chi connectivity index (χ2v) is 8.86. The number of ether oxygens (including phenoxy) is 2. The molecule has 1 aliphatic heterocycles. The molecule has 2 atom stereocenters. The molecule has 0 bridgehead atoms. The lowest BCUT2D eigenvalue weighted by atomic mass is 9.97. The van der Waals surface area contributed by atoms with Crippen LogP contribution >= 0.6 is 0 Å². The fourth-order valence-electron chi connectivity index (χ4n) is 2.87. The van der Waals surface area contributed by atoms with Crippen LogP contribution in [0.15, 0.2) is 24.4 Å². The van der Waals surface area contributed by atoms with Gasteiger partial charge in [0.05, 0.1) is 0 Å². The highest BCUT2D eigenvalue weighted by atomic mass is 16.6. The van der Waals surface area contributed by atoms with Gasteiger partial charge in [0.25, 0.3) is 0 Å². The minimum absolute atomic E-state index is 0.200. The van der Waals surface area contributed by atoms with Gasteiger partial charge in [-0.25, -0.2) is 9.78 Å². The highest BCUT2D eigenvalue weighted by Gasteiger charge is 2.40. The van der Waals surface area contributed by atoms with Crippen LogP contribution in [-0.2, 0) is 9.53 Å². The summed E-state index contributed by atoms with van der Waals surface area (Å²) in [4.78, 5) is 31.2. The largest absolute Gasteiger partial charge is 0.474 e. The van der Waals surface area contributed by atoms with E-state index in [1.54, 1.807) is 12.3 Å². The van der Waals surface area contributed by atoms with Crippen LogP contribution in [-0.4, -0.2) is 51.7 Å². The molecule has 1 saturated heterocycles. The van der Waals surface area contributed by atoms with Gasteiger partial charge in [-0.05, 0) is 47.6 Å². The molecule has 0 aliphatic carbocycles. The number of carbonyl (C=O) groups excluding carboxylic acids is 2. The zero-order chi connectivity index (χ0) is 20.2. The molecule has 0 spiro atoms. The van der Waals surface area contributed by atoms with Crippen LogP contribution in [0.1, 0.15) is 54.4 Å². The Kier molecular flexibility index (Phi) is 6.34. The summed E-state index contributed by atoms with van der Waals surface area (Å²) >= 11 is 0. The topological polar surface area (TPSA) is 80.8 Å². The molecule has 2 unspecified atom stereocenters. The van der Waals surface area contributed by atoms with Gasteiger partial charge in [-0.15, -0.1) is 0 Å². The van der Waals surface area contributed by atoms with E-state index in [4.69, 9.17) is 9.47 Å². The van der Waals surface area contributed by atoms with Gasteiger partial charge in [-0.3, -0.25) is 9.69 Å². The van der Waals surface area contributed by atoms with Gasteiger partial charge < -0.3 is 14.8 Å². The summed E-state index contributed by atoms with van der Waals surface area (Å²) in [7, 11) is 0. The van der Waals surface area contributed by atoms with Gasteiger partial charge in [-0.2, -0.15) is 0 Å². The van der Waals surface area contributed by atoms with Crippen LogP contribution in [0.4, 0.5) is 4.79 Å². The van der Waals surface area contributed by atoms with Crippen molar-refractivity contribution >= 4 is 12.0 Å². The molecule has 0 aromatic carbocycles. The number of amides is 2. The smallest absolute Gasteiger partial charge is 0.410 e. The summed E-state index contributed by atoms with van der Waals surface area (Å²) in [5.41, 5.74) is -1.02. The molecular weight excluding hydrogens is 346 g/mol. The van der Waals surface area contributed by atoms with E-state index in [0.717, 1.165) is 0 Å². The van der Waals surface area contributed by atoms with E-state index in [2.05, 4.69) is 10.3 Å². The predicted molar refractivity (Wildman–Crippen MR) is 103 cm³/mol. The Morgan fingerprint density at radius 2 is 1.89 bits per heavy atom. The molecule has 7 heteroatoms. The number of rotatable bonds is 3. The fourth-order valence-corrected chi connectivity index (χ4v) is 2.87. The van der Waals surface area contributed by atoms with Crippen LogP contribution < -0.4 is 10.1 Å². The number of carbonyl (C=O) groups is 2. The minimum Gasteiger partial charge on any atom is -0.474 e. The zero-order valence-electron chi connectivity index (χ0n) is 17.1. The maximum Gasteiger partial charge on any atom is 0.410 e. The van der Waals surface area contributed by atoms with Gasteiger partial charge in [0.2, 0.25) is 11.8 Å². The molecule has 0 saturated carbocycles. The minimum atomic E-state index is -0.651. The molecule has 27 heavy (non-hydrogen) atoms. The molecule has 2 amide bonds. The van der Waals surface area contributed by atoms with Crippen molar-refractivity contribution in [2.45, 2.75) is 77.7 Å². The molecule has 1 N–H and O–H groups in total. The number of aromatic nitrogens is 1. The summed E-state index contributed by atoms with van der Waals surface area (Å²) in [6.07, 6.45) is 1.98. The predicted octanol–water partition coefficient (Wildman–Crippen LogP) is 3.14. The van der Waals surface area contributed by atoms with Crippen molar-refractivity contribution in [1.29, 1.82) is 0 Å². The SMILES string of the molecule is CC(C)(C)NC(=O)C1CC(Oc2ccccn2)CCN1C(=O)OC(C)(C)C. The van der Waals surface area contributed by atoms with Crippen molar-refractivity contribution in [3.8, 4) is 5.88 Å². The Hall–Kier alpha value is -2.31. The lowest BCUT2D eigenvalue weighted by Gasteiger charge is -2.39. The van der Waals surface area contributed by atoms with Crippen molar-refractivity contribution in [1.82, 2.24) is 15.2 Å². The molecule has 1 aromatic heterocycles. The number of nitrogens with one attached hydrogen (secondary N) is 1. The molecular formula is C20H31N3O4. The maximum absolute atomic E-state index is 12.9. The van der Waals surface area contributed by atoms with E-state index in [0.29, 0.717) is 25.3 Å². The van der Waals surface area contributed by atoms with Crippen molar-refractivity contribution in [2.75, 3.05) is 6.54 Å². The first-order valence-electron chi connectivity index (χ1n) is 9.34. The summed E-state index contributed by atoms with van der Waals surface area (Å²) in [5.74, 6) is 0.311. The normalized spacial score (nSPS) is 20.7. The summed E-state index contributed by atoms with van der Waals surface area (Å²) < 4.78 is 11.4. The molecule has 150 valence electrons. The number of hydrogen-bond acceptors (Lipinski definition) is 5. The quantitative estimate of drug-likeness (QED) is 0.875. The van der Waals surface area contributed by atoms with E-state index in [9.17, 15) is 9.59 Å². The first-order valence-corrected chi connectivity index (χ1v) is 9.34. The average molecular weight is 377 g/mol. The van der Waals surface area contributed by atoms with Crippen molar-refractivity contribution in [3.63, 3.8) is 0 Å². The monoisotopic (exact) mass is 377 g/mol. The van der Waals surface area contributed by atoms with E-state index in [1.165, 1.54) is 4.90 Å². The second-order valence-electron chi connectivity index (χ2n) is 8.86. The third kappa shape index (κ3) is 6.73. The summed E-state index contributed by atoms with van der Waals surface area (Å²) in [6.45, 7) is 11.5. The summed E-state index contributed by atoms with van der Waals surface area (Å²) in [5, 5.41) is 2.96. The zero-order valence-corrected chi connectivity index (χ0v) is 17.1. The van der Waals surface area contributed by atoms with E-state index in [-0.39, 0.29) is 12.0 Å². The Morgan fingerprint density at radius 1 is 1.19 bits per heavy atom. The number of piperidine rings is 1. The first kappa shape index (κ1) is 21.0. The lowest BCUT2D eigenvalue weighted by molar-refractivity contribution is -0.130. The van der Waals surface area contributed by atoms with Crippen LogP contribution in [0, 0.1) is 0 Å². The lowest BCUT2D eigenvalue weighted by Crippen LogP contribution is -2.58. The third-order valence-electron chi connectivity index (χ3n) is 3.91. The highest BCUT2D eigenvalue weighted by molar-refractivity contribution is 5.86. The molecule has 1 fully saturated rings. The maximum atomic E-state index is 12.9. The summed E-state index contributed by atoms with van der Waals surface area (Å²) in [6, 6.07) is 4.80. The molecule has 7 nitrogen and oxygen atoms in total. The van der Waals surface area contributed by atoms with Gasteiger partial charge in [-0.1, -0.05) is 6.07 Å². The fraction of sp³-hybridized carbons (Fsp3) is 0.650. The number of likely N-dealkylation sites (tertiary alicyclic amines) is 1. The number of hydrogen-bond donors (Lipinski definition) is 1. The van der Waals surface area contributed by atoms with Gasteiger partial charge in [0, 0.05) is 37.2 Å². The average Bonchev–Trinajstić information content (AvgIpc) is 2.52. The first-order chi connectivity index (χ1) is 12.4. The Morgan fingerprint density at radius 3 is 2.44 bits per heavy atom. The standard InChI is InChI=1S/C20H31N3O4/c1-19(2,3)22-17(24)15-13-14(26-16-9-7-8-11-21-16)10-12-23(15)18(25)27-20(4,5)6/h7-9,11,14-15H,10,12-13H2,1-6H3,(H,22,24). The van der Waals surface area contributed by atoms with Crippen molar-refractivity contribution in [3.05, 3.63) is 24.4 Å². The molecule has 1 aliphatic rings. The number of pyridine rings is 1. The molecule has 1 aromatic rings. The molecule has 2 rings (SSSR count). The van der Waals surface area contributed by atoms with Gasteiger partial charge >= 0.3 is 6.09 Å². The molecule has 2 heterocycles. The Balaban J connectivity index is 2.14. The highest BCUT2D eigenvalue weighted by Crippen LogP contribution is 2.24. The number of nitrogens with zero attached hydrogens (tertiary/aromatic N) is 2. The van der Waals surface area contributed by atoms with E-state index in [1.807, 2.05) is 53.7 Å². The van der Waals surface area contributed by atoms with Crippen LogP contribution in [0.5, 0.6) is 5.88 Å². The van der Waals surface area contributed by atoms with Crippen LogP contribution in [0.2, 0.25) is 0 Å². The molecule has 0 radical (unpaired) electrons. The van der Waals surface area contributed by atoms with Crippen molar-refractivity contribution in [2.24, 2.45) is 0 Å². The van der Waals surface area contributed by atoms with Crippen LogP contribution in [0.3, 0.4) is 0 Å². The third-order valence-corrected chi connectivity index (χ3v) is 3.91. The van der Waals surface area contributed by atoms with E-state index < -0.39 is 23.3 Å². The van der Waals surface area contributed by atoms with Crippen molar-refractivity contribution < 1.29 is 19.1 Å². The van der Waals surface area contributed by atoms with Gasteiger partial charge in [0.15, 0.2) is 0 Å². The van der Waals surface area contributed by atoms with E-state index >= 15 is 0 Å². The Labute approximate surface area is 161 Å². The second kappa shape index (κ2) is 8.15. The Bertz CT molecular complexity index is 649. The van der Waals surface area contributed by atoms with Crippen LogP contribution in [0.25, 0.3) is 0 Å². The van der Waals surface area contributed by atoms with Gasteiger partial charge in [0.1, 0.15) is 17.7 Å².